The molecule has 308 valence electrons. The Kier molecular flexibility index (Phi) is 32.2. The van der Waals surface area contributed by atoms with Crippen molar-refractivity contribution in [2.75, 3.05) is 13.2 Å². The summed E-state index contributed by atoms with van der Waals surface area (Å²) in [5, 5.41) is 0. The zero-order valence-corrected chi connectivity index (χ0v) is 34.5. The zero-order valence-electron chi connectivity index (χ0n) is 33.6. The quantitative estimate of drug-likeness (QED) is 0.0207. The fraction of sp³-hybridized carbons (Fsp3) is 0.814. The van der Waals surface area contributed by atoms with Gasteiger partial charge in [0, 0.05) is 12.8 Å². The standard InChI is InChI=1S/C43H77O9P/c1-3-5-7-9-11-12-13-14-15-16-17-18-19-20-23-28-32-36-43(45)51-39(38-50-53(46,47)48)37-49-42(44)35-31-27-24-21-22-26-30-34-41-40(52-41)33-29-25-10-8-6-4-2/h21,24-26,29-30,39-41H,3-20,22-23,27-28,31-38H2,1-2H3,(H2,46,47,48)/b24-21-,29-25-,30-26-/t39-,40?,41?/m1/s1. The summed E-state index contributed by atoms with van der Waals surface area (Å²) in [5.41, 5.74) is 0. The third-order valence-electron chi connectivity index (χ3n) is 9.56. The molecule has 0 radical (unpaired) electrons. The van der Waals surface area contributed by atoms with E-state index in [1.807, 2.05) is 6.08 Å². The Hall–Kier alpha value is -1.77. The summed E-state index contributed by atoms with van der Waals surface area (Å²) < 4.78 is 32.1. The van der Waals surface area contributed by atoms with Gasteiger partial charge < -0.3 is 24.0 Å². The van der Waals surface area contributed by atoms with Gasteiger partial charge in [0.25, 0.3) is 0 Å². The first-order valence-electron chi connectivity index (χ1n) is 21.4. The van der Waals surface area contributed by atoms with Crippen LogP contribution in [0.1, 0.15) is 194 Å². The molecule has 2 unspecified atom stereocenters. The Morgan fingerprint density at radius 3 is 1.60 bits per heavy atom. The summed E-state index contributed by atoms with van der Waals surface area (Å²) in [6.45, 7) is 3.61. The molecule has 1 saturated heterocycles. The van der Waals surface area contributed by atoms with Crippen molar-refractivity contribution in [1.82, 2.24) is 0 Å². The second kappa shape index (κ2) is 34.7. The maximum Gasteiger partial charge on any atom is 0.469 e. The van der Waals surface area contributed by atoms with Crippen LogP contribution in [0.15, 0.2) is 36.5 Å². The van der Waals surface area contributed by atoms with Crippen molar-refractivity contribution in [3.05, 3.63) is 36.5 Å². The number of phosphoric ester groups is 1. The van der Waals surface area contributed by atoms with E-state index >= 15 is 0 Å². The van der Waals surface area contributed by atoms with Crippen molar-refractivity contribution >= 4 is 19.8 Å². The highest BCUT2D eigenvalue weighted by molar-refractivity contribution is 7.46. The van der Waals surface area contributed by atoms with Crippen molar-refractivity contribution in [3.63, 3.8) is 0 Å². The van der Waals surface area contributed by atoms with E-state index in [1.54, 1.807) is 0 Å². The summed E-state index contributed by atoms with van der Waals surface area (Å²) in [6, 6.07) is 0. The van der Waals surface area contributed by atoms with Crippen LogP contribution in [-0.4, -0.2) is 53.3 Å². The summed E-state index contributed by atoms with van der Waals surface area (Å²) in [6.07, 6.45) is 43.3. The molecular weight excluding hydrogens is 691 g/mol. The molecule has 9 nitrogen and oxygen atoms in total. The third-order valence-corrected chi connectivity index (χ3v) is 10.0. The molecule has 0 aromatic carbocycles. The largest absolute Gasteiger partial charge is 0.469 e. The lowest BCUT2D eigenvalue weighted by molar-refractivity contribution is -0.161. The number of allylic oxidation sites excluding steroid dienone is 4. The molecule has 0 aromatic heterocycles. The monoisotopic (exact) mass is 769 g/mol. The van der Waals surface area contributed by atoms with E-state index < -0.39 is 32.5 Å². The predicted octanol–water partition coefficient (Wildman–Crippen LogP) is 11.9. The van der Waals surface area contributed by atoms with Gasteiger partial charge in [0.15, 0.2) is 6.10 Å². The van der Waals surface area contributed by atoms with Gasteiger partial charge >= 0.3 is 19.8 Å². The fourth-order valence-electron chi connectivity index (χ4n) is 6.23. The number of phosphoric acid groups is 1. The first kappa shape index (κ1) is 49.2. The minimum Gasteiger partial charge on any atom is -0.462 e. The topological polar surface area (TPSA) is 132 Å². The first-order chi connectivity index (χ1) is 25.7. The number of hydrogen-bond donors (Lipinski definition) is 2. The molecule has 0 aliphatic carbocycles. The highest BCUT2D eigenvalue weighted by Crippen LogP contribution is 2.36. The average Bonchev–Trinajstić information content (AvgIpc) is 3.88. The van der Waals surface area contributed by atoms with Gasteiger partial charge in [-0.25, -0.2) is 4.57 Å². The number of rotatable bonds is 38. The van der Waals surface area contributed by atoms with Gasteiger partial charge in [-0.05, 0) is 51.4 Å². The van der Waals surface area contributed by atoms with E-state index in [4.69, 9.17) is 24.0 Å². The van der Waals surface area contributed by atoms with E-state index in [2.05, 4.69) is 48.8 Å². The average molecular weight is 769 g/mol. The van der Waals surface area contributed by atoms with Gasteiger partial charge in [0.2, 0.25) is 0 Å². The zero-order chi connectivity index (χ0) is 38.7. The summed E-state index contributed by atoms with van der Waals surface area (Å²) >= 11 is 0. The number of hydrogen-bond acceptors (Lipinski definition) is 7. The van der Waals surface area contributed by atoms with Crippen molar-refractivity contribution in [2.24, 2.45) is 0 Å². The molecule has 1 fully saturated rings. The number of unbranched alkanes of at least 4 members (excludes halogenated alkanes) is 20. The van der Waals surface area contributed by atoms with Crippen LogP contribution in [0, 0.1) is 0 Å². The SMILES string of the molecule is CCCCC/C=C\CC1OC1C/C=C\C/C=C\CCCC(=O)OC[C@H](COP(=O)(O)O)OC(=O)CCCCCCCCCCCCCCCCCCC. The molecule has 1 aliphatic heterocycles. The van der Waals surface area contributed by atoms with Gasteiger partial charge in [-0.15, -0.1) is 0 Å². The lowest BCUT2D eigenvalue weighted by Crippen LogP contribution is -2.29. The molecule has 1 aliphatic rings. The highest BCUT2D eigenvalue weighted by Gasteiger charge is 2.36. The van der Waals surface area contributed by atoms with E-state index in [9.17, 15) is 14.2 Å². The third kappa shape index (κ3) is 34.5. The highest BCUT2D eigenvalue weighted by atomic mass is 31.2. The van der Waals surface area contributed by atoms with Crippen molar-refractivity contribution in [1.29, 1.82) is 0 Å². The second-order valence-corrected chi connectivity index (χ2v) is 15.9. The minimum atomic E-state index is -4.77. The van der Waals surface area contributed by atoms with Crippen LogP contribution >= 0.6 is 7.82 Å². The van der Waals surface area contributed by atoms with E-state index in [0.29, 0.717) is 25.0 Å². The molecule has 0 bridgehead atoms. The van der Waals surface area contributed by atoms with Crippen LogP contribution in [0.4, 0.5) is 0 Å². The molecule has 10 heteroatoms. The Bertz CT molecular complexity index is 1020. The van der Waals surface area contributed by atoms with E-state index in [-0.39, 0.29) is 19.4 Å². The maximum atomic E-state index is 12.4. The molecule has 1 rings (SSSR count). The summed E-state index contributed by atoms with van der Waals surface area (Å²) in [7, 11) is -4.77. The molecule has 0 aromatic rings. The van der Waals surface area contributed by atoms with Crippen molar-refractivity contribution in [3.8, 4) is 0 Å². The van der Waals surface area contributed by atoms with Gasteiger partial charge in [0.1, 0.15) is 6.61 Å². The van der Waals surface area contributed by atoms with Crippen LogP contribution in [0.3, 0.4) is 0 Å². The Morgan fingerprint density at radius 2 is 1.04 bits per heavy atom. The molecular formula is C43H77O9P. The van der Waals surface area contributed by atoms with Crippen LogP contribution in [-0.2, 0) is 32.9 Å². The van der Waals surface area contributed by atoms with Gasteiger partial charge in [-0.3, -0.25) is 14.1 Å². The summed E-state index contributed by atoms with van der Waals surface area (Å²) in [4.78, 5) is 42.9. The number of carbonyl (C=O) groups is 2. The summed E-state index contributed by atoms with van der Waals surface area (Å²) in [5.74, 6) is -0.950. The number of carbonyl (C=O) groups excluding carboxylic acids is 2. The molecule has 1 heterocycles. The fourth-order valence-corrected chi connectivity index (χ4v) is 6.59. The minimum absolute atomic E-state index is 0.187. The Morgan fingerprint density at radius 1 is 0.585 bits per heavy atom. The van der Waals surface area contributed by atoms with Gasteiger partial charge in [-0.1, -0.05) is 166 Å². The van der Waals surface area contributed by atoms with Gasteiger partial charge in [-0.2, -0.15) is 0 Å². The second-order valence-electron chi connectivity index (χ2n) is 14.7. The predicted molar refractivity (Wildman–Crippen MR) is 216 cm³/mol. The number of esters is 2. The smallest absolute Gasteiger partial charge is 0.462 e. The van der Waals surface area contributed by atoms with Crippen molar-refractivity contribution < 1.29 is 42.7 Å². The van der Waals surface area contributed by atoms with Gasteiger partial charge in [0.05, 0.1) is 18.8 Å². The van der Waals surface area contributed by atoms with Crippen LogP contribution < -0.4 is 0 Å². The molecule has 0 spiro atoms. The van der Waals surface area contributed by atoms with Crippen molar-refractivity contribution in [2.45, 2.75) is 212 Å². The van der Waals surface area contributed by atoms with Crippen LogP contribution in [0.2, 0.25) is 0 Å². The van der Waals surface area contributed by atoms with Crippen LogP contribution in [0.5, 0.6) is 0 Å². The normalized spacial score (nSPS) is 16.6. The van der Waals surface area contributed by atoms with Crippen LogP contribution in [0.25, 0.3) is 0 Å². The molecule has 2 N–H and O–H groups in total. The molecule has 0 amide bonds. The lowest BCUT2D eigenvalue weighted by Gasteiger charge is -2.18. The Balaban J connectivity index is 2.08. The maximum absolute atomic E-state index is 12.4. The first-order valence-corrected chi connectivity index (χ1v) is 22.9. The lowest BCUT2D eigenvalue weighted by atomic mass is 10.0. The molecule has 0 saturated carbocycles. The number of ether oxygens (including phenoxy) is 3. The molecule has 3 atom stereocenters. The van der Waals surface area contributed by atoms with E-state index in [1.165, 1.54) is 103 Å². The van der Waals surface area contributed by atoms with E-state index in [0.717, 1.165) is 51.4 Å². The molecule has 53 heavy (non-hydrogen) atoms. The Labute approximate surface area is 323 Å². The number of epoxide rings is 1.